The first-order chi connectivity index (χ1) is 8.83. The number of H-pyrrole nitrogens is 2. The molecule has 1 aliphatic rings. The third-order valence-electron chi connectivity index (χ3n) is 3.33. The third-order valence-corrected chi connectivity index (χ3v) is 3.33. The first-order valence-electron chi connectivity index (χ1n) is 6.19. The zero-order chi connectivity index (χ0) is 12.4. The maximum atomic E-state index is 10.3. The van der Waals surface area contributed by atoms with E-state index in [4.69, 9.17) is 0 Å². The van der Waals surface area contributed by atoms with Crippen LogP contribution in [0.15, 0.2) is 47.8 Å². The fourth-order valence-electron chi connectivity index (χ4n) is 2.37. The van der Waals surface area contributed by atoms with E-state index in [1.807, 2.05) is 48.8 Å². The summed E-state index contributed by atoms with van der Waals surface area (Å²) < 4.78 is 0. The lowest BCUT2D eigenvalue weighted by Crippen LogP contribution is -2.04. The van der Waals surface area contributed by atoms with E-state index in [9.17, 15) is 5.11 Å². The molecule has 1 saturated carbocycles. The number of aromatic amines is 2. The van der Waals surface area contributed by atoms with Crippen molar-refractivity contribution < 1.29 is 5.11 Å². The Morgan fingerprint density at radius 2 is 1.44 bits per heavy atom. The minimum absolute atomic E-state index is 0.448. The number of nitrogens with one attached hydrogen (secondary N) is 2. The molecule has 3 nitrogen and oxygen atoms in total. The van der Waals surface area contributed by atoms with Crippen molar-refractivity contribution in [3.8, 4) is 0 Å². The highest BCUT2D eigenvalue weighted by atomic mass is 16.3. The van der Waals surface area contributed by atoms with E-state index in [2.05, 4.69) is 9.97 Å². The molecule has 0 radical (unpaired) electrons. The van der Waals surface area contributed by atoms with Crippen LogP contribution in [0.2, 0.25) is 0 Å². The van der Waals surface area contributed by atoms with Gasteiger partial charge in [0.2, 0.25) is 0 Å². The van der Waals surface area contributed by atoms with E-state index in [-0.39, 0.29) is 0 Å². The van der Waals surface area contributed by atoms with E-state index in [0.717, 1.165) is 35.4 Å². The van der Waals surface area contributed by atoms with Gasteiger partial charge >= 0.3 is 0 Å². The Kier molecular flexibility index (Phi) is 2.90. The number of rotatable bonds is 2. The van der Waals surface area contributed by atoms with Crippen LogP contribution in [0.3, 0.4) is 0 Å². The van der Waals surface area contributed by atoms with Crippen molar-refractivity contribution in [3.05, 3.63) is 59.2 Å². The molecule has 92 valence electrons. The van der Waals surface area contributed by atoms with E-state index < -0.39 is 6.10 Å². The van der Waals surface area contributed by atoms with Gasteiger partial charge in [-0.05, 0) is 60.4 Å². The van der Waals surface area contributed by atoms with Crippen LogP contribution in [-0.4, -0.2) is 21.2 Å². The highest BCUT2D eigenvalue weighted by Crippen LogP contribution is 2.32. The lowest BCUT2D eigenvalue weighted by molar-refractivity contribution is 0.257. The second-order valence-electron chi connectivity index (χ2n) is 4.59. The van der Waals surface area contributed by atoms with Gasteiger partial charge in [-0.3, -0.25) is 0 Å². The van der Waals surface area contributed by atoms with Gasteiger partial charge < -0.3 is 15.1 Å². The monoisotopic (exact) mass is 240 g/mol. The van der Waals surface area contributed by atoms with E-state index in [0.29, 0.717) is 0 Å². The quantitative estimate of drug-likeness (QED) is 0.742. The molecule has 0 amide bonds. The average molecular weight is 240 g/mol. The van der Waals surface area contributed by atoms with Crippen LogP contribution in [0.25, 0.3) is 12.2 Å². The van der Waals surface area contributed by atoms with Crippen molar-refractivity contribution in [2.45, 2.75) is 18.9 Å². The molecule has 18 heavy (non-hydrogen) atoms. The summed E-state index contributed by atoms with van der Waals surface area (Å²) in [5, 5.41) is 10.3. The third kappa shape index (κ3) is 2.17. The molecule has 2 aromatic rings. The smallest absolute Gasteiger partial charge is 0.0968 e. The Morgan fingerprint density at radius 1 is 0.944 bits per heavy atom. The SMILES string of the molecule is OC1/C(=C/c2ccc[nH]2)CC/C1=C\c1ccc[nH]1. The largest absolute Gasteiger partial charge is 0.384 e. The predicted octanol–water partition coefficient (Wildman–Crippen LogP) is 2.96. The van der Waals surface area contributed by atoms with Crippen LogP contribution in [0, 0.1) is 0 Å². The van der Waals surface area contributed by atoms with Crippen molar-refractivity contribution in [1.29, 1.82) is 0 Å². The van der Waals surface area contributed by atoms with Crippen LogP contribution in [-0.2, 0) is 0 Å². The number of aliphatic hydroxyl groups excluding tert-OH is 1. The Hall–Kier alpha value is -2.00. The van der Waals surface area contributed by atoms with Crippen molar-refractivity contribution >= 4 is 12.2 Å². The summed E-state index contributed by atoms with van der Waals surface area (Å²) in [4.78, 5) is 6.26. The summed E-state index contributed by atoms with van der Waals surface area (Å²) in [7, 11) is 0. The summed E-state index contributed by atoms with van der Waals surface area (Å²) in [5.41, 5.74) is 4.25. The van der Waals surface area contributed by atoms with Crippen molar-refractivity contribution in [1.82, 2.24) is 9.97 Å². The normalized spacial score (nSPS) is 24.2. The Bertz CT molecular complexity index is 509. The summed E-state index contributed by atoms with van der Waals surface area (Å²) in [6.45, 7) is 0. The molecule has 3 rings (SSSR count). The topological polar surface area (TPSA) is 51.8 Å². The van der Waals surface area contributed by atoms with Crippen LogP contribution < -0.4 is 0 Å². The minimum atomic E-state index is -0.448. The van der Waals surface area contributed by atoms with E-state index in [1.165, 1.54) is 0 Å². The molecule has 2 heterocycles. The molecule has 3 N–H and O–H groups in total. The lowest BCUT2D eigenvalue weighted by Gasteiger charge is -2.06. The second-order valence-corrected chi connectivity index (χ2v) is 4.59. The number of hydrogen-bond donors (Lipinski definition) is 3. The molecule has 0 unspecified atom stereocenters. The molecule has 0 saturated heterocycles. The summed E-state index contributed by atoms with van der Waals surface area (Å²) in [5.74, 6) is 0. The second kappa shape index (κ2) is 4.70. The Labute approximate surface area is 106 Å². The standard InChI is InChI=1S/C15H16N2O/c18-15-11(9-13-3-1-7-16-13)5-6-12(15)10-14-4-2-8-17-14/h1-4,7-10,15-18H,5-6H2/b11-9+,12-10+. The average Bonchev–Trinajstić information content (AvgIpc) is 3.08. The van der Waals surface area contributed by atoms with Crippen molar-refractivity contribution in [2.75, 3.05) is 0 Å². The van der Waals surface area contributed by atoms with Crippen molar-refractivity contribution in [2.24, 2.45) is 0 Å². The fourth-order valence-corrected chi connectivity index (χ4v) is 2.37. The predicted molar refractivity (Wildman–Crippen MR) is 72.8 cm³/mol. The van der Waals surface area contributed by atoms with Gasteiger partial charge in [0, 0.05) is 23.8 Å². The van der Waals surface area contributed by atoms with Gasteiger partial charge in [0.1, 0.15) is 0 Å². The van der Waals surface area contributed by atoms with Crippen molar-refractivity contribution in [3.63, 3.8) is 0 Å². The first kappa shape index (κ1) is 11.1. The molecule has 1 fully saturated rings. The first-order valence-corrected chi connectivity index (χ1v) is 6.19. The molecule has 0 bridgehead atoms. The highest BCUT2D eigenvalue weighted by Gasteiger charge is 2.23. The van der Waals surface area contributed by atoms with E-state index in [1.54, 1.807) is 0 Å². The van der Waals surface area contributed by atoms with Gasteiger partial charge in [-0.25, -0.2) is 0 Å². The summed E-state index contributed by atoms with van der Waals surface area (Å²) >= 11 is 0. The maximum Gasteiger partial charge on any atom is 0.0968 e. The van der Waals surface area contributed by atoms with Gasteiger partial charge in [0.25, 0.3) is 0 Å². The van der Waals surface area contributed by atoms with Crippen LogP contribution in [0.5, 0.6) is 0 Å². The molecule has 0 atom stereocenters. The maximum absolute atomic E-state index is 10.3. The summed E-state index contributed by atoms with van der Waals surface area (Å²) in [6.07, 6.45) is 9.27. The molecule has 2 aromatic heterocycles. The minimum Gasteiger partial charge on any atom is -0.384 e. The zero-order valence-corrected chi connectivity index (χ0v) is 10.1. The molecule has 0 aliphatic heterocycles. The van der Waals surface area contributed by atoms with Crippen LogP contribution >= 0.6 is 0 Å². The fraction of sp³-hybridized carbons (Fsp3) is 0.200. The Morgan fingerprint density at radius 3 is 1.83 bits per heavy atom. The number of aromatic nitrogens is 2. The number of aliphatic hydroxyl groups is 1. The molecule has 0 spiro atoms. The van der Waals surface area contributed by atoms with E-state index >= 15 is 0 Å². The van der Waals surface area contributed by atoms with Gasteiger partial charge in [-0.15, -0.1) is 0 Å². The molecule has 1 aliphatic carbocycles. The van der Waals surface area contributed by atoms with Gasteiger partial charge in [-0.1, -0.05) is 0 Å². The van der Waals surface area contributed by atoms with Gasteiger partial charge in [0.05, 0.1) is 6.10 Å². The lowest BCUT2D eigenvalue weighted by atomic mass is 10.1. The molecule has 0 aromatic carbocycles. The van der Waals surface area contributed by atoms with Gasteiger partial charge in [0.15, 0.2) is 0 Å². The number of hydrogen-bond acceptors (Lipinski definition) is 1. The summed E-state index contributed by atoms with van der Waals surface area (Å²) in [6, 6.07) is 7.94. The molecular weight excluding hydrogens is 224 g/mol. The molecular formula is C15H16N2O. The van der Waals surface area contributed by atoms with Gasteiger partial charge in [-0.2, -0.15) is 0 Å². The zero-order valence-electron chi connectivity index (χ0n) is 10.1. The van der Waals surface area contributed by atoms with Crippen LogP contribution in [0.4, 0.5) is 0 Å². The molecule has 3 heteroatoms. The Balaban J connectivity index is 1.83. The van der Waals surface area contributed by atoms with Crippen LogP contribution in [0.1, 0.15) is 24.2 Å². The highest BCUT2D eigenvalue weighted by molar-refractivity contribution is 5.59.